The summed E-state index contributed by atoms with van der Waals surface area (Å²) in [7, 11) is 1.56. The number of rotatable bonds is 4. The molecule has 3 rings (SSSR count). The second-order valence-corrected chi connectivity index (χ2v) is 7.98. The highest BCUT2D eigenvalue weighted by Crippen LogP contribution is 2.28. The van der Waals surface area contributed by atoms with Crippen molar-refractivity contribution < 1.29 is 9.53 Å². The van der Waals surface area contributed by atoms with Gasteiger partial charge >= 0.3 is 6.03 Å². The molecule has 0 radical (unpaired) electrons. The Kier molecular flexibility index (Phi) is 6.06. The number of thiophene rings is 1. The van der Waals surface area contributed by atoms with Crippen LogP contribution in [0.3, 0.4) is 0 Å². The number of hydrogen-bond acceptors (Lipinski definition) is 4. The summed E-state index contributed by atoms with van der Waals surface area (Å²) in [5.74, 6) is 0.589. The fraction of sp³-hybridized carbons (Fsp3) is 0.353. The van der Waals surface area contributed by atoms with Crippen LogP contribution in [0.5, 0.6) is 5.75 Å². The maximum atomic E-state index is 12.5. The average molecular weight is 400 g/mol. The molecule has 134 valence electrons. The van der Waals surface area contributed by atoms with E-state index in [1.54, 1.807) is 41.5 Å². The Balaban J connectivity index is 1.54. The molecule has 2 amide bonds. The number of halogens is 2. The molecule has 2 aromatic rings. The number of nitrogens with zero attached hydrogens (tertiary/aromatic N) is 2. The number of carbonyl (C=O) groups is 1. The Morgan fingerprint density at radius 1 is 1.20 bits per heavy atom. The first-order valence-electron chi connectivity index (χ1n) is 7.91. The van der Waals surface area contributed by atoms with Crippen LogP contribution in [0.15, 0.2) is 30.3 Å². The largest absolute Gasteiger partial charge is 0.495 e. The SMILES string of the molecule is COc1ccc(Cl)cc1NC(=O)N1CCN(Cc2ccc(Cl)s2)CC1. The fourth-order valence-electron chi connectivity index (χ4n) is 2.74. The summed E-state index contributed by atoms with van der Waals surface area (Å²) in [6, 6.07) is 8.99. The van der Waals surface area contributed by atoms with Crippen LogP contribution in [0.25, 0.3) is 0 Å². The lowest BCUT2D eigenvalue weighted by Gasteiger charge is -2.34. The van der Waals surface area contributed by atoms with E-state index in [-0.39, 0.29) is 6.03 Å². The van der Waals surface area contributed by atoms with E-state index < -0.39 is 0 Å². The molecule has 5 nitrogen and oxygen atoms in total. The summed E-state index contributed by atoms with van der Waals surface area (Å²) in [5, 5.41) is 3.43. The van der Waals surface area contributed by atoms with Crippen molar-refractivity contribution in [3.8, 4) is 5.75 Å². The zero-order chi connectivity index (χ0) is 17.8. The fourth-order valence-corrected chi connectivity index (χ4v) is 4.04. The Hall–Kier alpha value is -1.47. The van der Waals surface area contributed by atoms with Gasteiger partial charge in [-0.05, 0) is 30.3 Å². The first kappa shape index (κ1) is 18.3. The van der Waals surface area contributed by atoms with Crippen molar-refractivity contribution in [1.29, 1.82) is 0 Å². The van der Waals surface area contributed by atoms with E-state index in [1.165, 1.54) is 4.88 Å². The summed E-state index contributed by atoms with van der Waals surface area (Å²) in [6.45, 7) is 3.88. The molecule has 1 aromatic heterocycles. The van der Waals surface area contributed by atoms with Crippen LogP contribution in [0.4, 0.5) is 10.5 Å². The van der Waals surface area contributed by atoms with E-state index in [4.69, 9.17) is 27.9 Å². The standard InChI is InChI=1S/C17H19Cl2N3O2S/c1-24-15-4-2-12(18)10-14(15)20-17(23)22-8-6-21(7-9-22)11-13-3-5-16(19)25-13/h2-5,10H,6-9,11H2,1H3,(H,20,23). The molecule has 1 saturated heterocycles. The van der Waals surface area contributed by atoms with Crippen molar-refractivity contribution in [1.82, 2.24) is 9.80 Å². The summed E-state index contributed by atoms with van der Waals surface area (Å²) >= 11 is 13.6. The average Bonchev–Trinajstić information content (AvgIpc) is 3.00. The normalized spacial score (nSPS) is 15.2. The first-order valence-corrected chi connectivity index (χ1v) is 9.48. The predicted octanol–water partition coefficient (Wildman–Crippen LogP) is 4.41. The van der Waals surface area contributed by atoms with Crippen molar-refractivity contribution in [3.05, 3.63) is 44.6 Å². The summed E-state index contributed by atoms with van der Waals surface area (Å²) < 4.78 is 6.07. The van der Waals surface area contributed by atoms with E-state index in [9.17, 15) is 4.79 Å². The summed E-state index contributed by atoms with van der Waals surface area (Å²) in [4.78, 5) is 17.9. The minimum Gasteiger partial charge on any atom is -0.495 e. The number of amides is 2. The molecule has 0 spiro atoms. The van der Waals surface area contributed by atoms with Crippen LogP contribution in [-0.4, -0.2) is 49.1 Å². The van der Waals surface area contributed by atoms with Gasteiger partial charge in [-0.25, -0.2) is 4.79 Å². The lowest BCUT2D eigenvalue weighted by Crippen LogP contribution is -2.49. The van der Waals surface area contributed by atoms with Crippen LogP contribution >= 0.6 is 34.5 Å². The number of ether oxygens (including phenoxy) is 1. The predicted molar refractivity (Wildman–Crippen MR) is 103 cm³/mol. The van der Waals surface area contributed by atoms with Crippen LogP contribution in [0.1, 0.15) is 4.88 Å². The number of urea groups is 1. The molecule has 1 aliphatic rings. The highest BCUT2D eigenvalue weighted by Gasteiger charge is 2.22. The smallest absolute Gasteiger partial charge is 0.322 e. The molecule has 0 aliphatic carbocycles. The number of hydrogen-bond donors (Lipinski definition) is 1. The van der Waals surface area contributed by atoms with E-state index in [2.05, 4.69) is 16.3 Å². The number of carbonyl (C=O) groups excluding carboxylic acids is 1. The maximum Gasteiger partial charge on any atom is 0.322 e. The minimum absolute atomic E-state index is 0.139. The highest BCUT2D eigenvalue weighted by atomic mass is 35.5. The molecule has 0 atom stereocenters. The monoisotopic (exact) mass is 399 g/mol. The molecular weight excluding hydrogens is 381 g/mol. The van der Waals surface area contributed by atoms with Crippen molar-refractivity contribution in [2.45, 2.75) is 6.54 Å². The van der Waals surface area contributed by atoms with E-state index in [0.29, 0.717) is 29.5 Å². The lowest BCUT2D eigenvalue weighted by atomic mass is 10.3. The van der Waals surface area contributed by atoms with Gasteiger partial charge in [-0.3, -0.25) is 4.90 Å². The molecule has 1 aliphatic heterocycles. The molecule has 1 fully saturated rings. The molecule has 8 heteroatoms. The van der Waals surface area contributed by atoms with Gasteiger partial charge in [-0.1, -0.05) is 23.2 Å². The summed E-state index contributed by atoms with van der Waals surface area (Å²) in [6.07, 6.45) is 0. The van der Waals surface area contributed by atoms with Gasteiger partial charge in [0.2, 0.25) is 0 Å². The molecule has 1 N–H and O–H groups in total. The summed E-state index contributed by atoms with van der Waals surface area (Å²) in [5.41, 5.74) is 0.579. The van der Waals surface area contributed by atoms with Crippen LogP contribution in [0, 0.1) is 0 Å². The van der Waals surface area contributed by atoms with E-state index in [1.807, 2.05) is 6.07 Å². The first-order chi connectivity index (χ1) is 12.0. The van der Waals surface area contributed by atoms with Gasteiger partial charge in [0.25, 0.3) is 0 Å². The van der Waals surface area contributed by atoms with Gasteiger partial charge in [0.05, 0.1) is 17.1 Å². The van der Waals surface area contributed by atoms with Crippen molar-refractivity contribution >= 4 is 46.3 Å². The number of piperazine rings is 1. The topological polar surface area (TPSA) is 44.8 Å². The molecular formula is C17H19Cl2N3O2S. The third-order valence-electron chi connectivity index (χ3n) is 4.07. The third-order valence-corrected chi connectivity index (χ3v) is 5.52. The zero-order valence-electron chi connectivity index (χ0n) is 13.8. The van der Waals surface area contributed by atoms with Crippen molar-refractivity contribution in [2.75, 3.05) is 38.6 Å². The van der Waals surface area contributed by atoms with E-state index in [0.717, 1.165) is 24.0 Å². The van der Waals surface area contributed by atoms with E-state index >= 15 is 0 Å². The van der Waals surface area contributed by atoms with Crippen LogP contribution in [-0.2, 0) is 6.54 Å². The maximum absolute atomic E-state index is 12.5. The Morgan fingerprint density at radius 3 is 2.60 bits per heavy atom. The lowest BCUT2D eigenvalue weighted by molar-refractivity contribution is 0.143. The van der Waals surface area contributed by atoms with Gasteiger partial charge in [0.1, 0.15) is 5.75 Å². The number of anilines is 1. The quantitative estimate of drug-likeness (QED) is 0.827. The molecule has 0 unspecified atom stereocenters. The minimum atomic E-state index is -0.139. The number of benzene rings is 1. The highest BCUT2D eigenvalue weighted by molar-refractivity contribution is 7.16. The molecule has 0 bridgehead atoms. The third kappa shape index (κ3) is 4.79. The van der Waals surface area contributed by atoms with Gasteiger partial charge in [-0.2, -0.15) is 0 Å². The van der Waals surface area contributed by atoms with Gasteiger partial charge in [0, 0.05) is 42.6 Å². The molecule has 2 heterocycles. The van der Waals surface area contributed by atoms with Gasteiger partial charge < -0.3 is 15.0 Å². The second kappa shape index (κ2) is 8.27. The molecule has 1 aromatic carbocycles. The molecule has 25 heavy (non-hydrogen) atoms. The molecule has 0 saturated carbocycles. The van der Waals surface area contributed by atoms with Gasteiger partial charge in [0.15, 0.2) is 0 Å². The Labute approximate surface area is 161 Å². The van der Waals surface area contributed by atoms with Crippen LogP contribution in [0.2, 0.25) is 9.36 Å². The zero-order valence-corrected chi connectivity index (χ0v) is 16.1. The Bertz CT molecular complexity index is 745. The number of nitrogens with one attached hydrogen (secondary N) is 1. The van der Waals surface area contributed by atoms with Crippen molar-refractivity contribution in [2.24, 2.45) is 0 Å². The number of methoxy groups -OCH3 is 1. The van der Waals surface area contributed by atoms with Gasteiger partial charge in [-0.15, -0.1) is 11.3 Å². The van der Waals surface area contributed by atoms with Crippen molar-refractivity contribution in [3.63, 3.8) is 0 Å². The van der Waals surface area contributed by atoms with Crippen LogP contribution < -0.4 is 10.1 Å². The second-order valence-electron chi connectivity index (χ2n) is 5.74. The Morgan fingerprint density at radius 2 is 1.96 bits per heavy atom.